The van der Waals surface area contributed by atoms with Gasteiger partial charge >= 0.3 is 0 Å². The zero-order valence-electron chi connectivity index (χ0n) is 12.3. The smallest absolute Gasteiger partial charge is 0.125 e. The second-order valence-electron chi connectivity index (χ2n) is 4.15. The van der Waals surface area contributed by atoms with Crippen LogP contribution in [0.3, 0.4) is 0 Å². The van der Waals surface area contributed by atoms with E-state index in [4.69, 9.17) is 18.9 Å². The van der Waals surface area contributed by atoms with Crippen LogP contribution in [0.25, 0.3) is 0 Å². The standard InChI is InChI=1S/C14H22O6/c1-17-11-5-10(14(8-16)20-4)12(18-2)6-9(11)13(7-15)19-3/h5-6,13-16H,7-8H2,1-4H3/t13-,14+. The summed E-state index contributed by atoms with van der Waals surface area (Å²) in [7, 11) is 6.07. The van der Waals surface area contributed by atoms with Gasteiger partial charge in [0.2, 0.25) is 0 Å². The van der Waals surface area contributed by atoms with E-state index in [2.05, 4.69) is 0 Å². The Morgan fingerprint density at radius 1 is 0.800 bits per heavy atom. The summed E-state index contributed by atoms with van der Waals surface area (Å²) in [5.41, 5.74) is 1.34. The molecular weight excluding hydrogens is 264 g/mol. The summed E-state index contributed by atoms with van der Waals surface area (Å²) in [6, 6.07) is 3.44. The largest absolute Gasteiger partial charge is 0.496 e. The Kier molecular flexibility index (Phi) is 6.74. The molecule has 0 saturated heterocycles. The predicted octanol–water partition coefficient (Wildman–Crippen LogP) is 1.06. The lowest BCUT2D eigenvalue weighted by molar-refractivity contribution is 0.0433. The first kappa shape index (κ1) is 16.7. The van der Waals surface area contributed by atoms with E-state index in [0.717, 1.165) is 0 Å². The molecule has 1 aromatic carbocycles. The molecule has 0 heterocycles. The molecule has 2 atom stereocenters. The fraction of sp³-hybridized carbons (Fsp3) is 0.571. The van der Waals surface area contributed by atoms with Crippen molar-refractivity contribution in [2.24, 2.45) is 0 Å². The van der Waals surface area contributed by atoms with Gasteiger partial charge in [0.1, 0.15) is 23.7 Å². The van der Waals surface area contributed by atoms with Gasteiger partial charge in [-0.25, -0.2) is 0 Å². The maximum absolute atomic E-state index is 9.35. The highest BCUT2D eigenvalue weighted by atomic mass is 16.5. The van der Waals surface area contributed by atoms with Crippen molar-refractivity contribution in [3.63, 3.8) is 0 Å². The quantitative estimate of drug-likeness (QED) is 0.744. The van der Waals surface area contributed by atoms with Crippen molar-refractivity contribution in [3.8, 4) is 11.5 Å². The molecular formula is C14H22O6. The Bertz CT molecular complexity index is 373. The molecule has 6 nitrogen and oxygen atoms in total. The average molecular weight is 286 g/mol. The first-order chi connectivity index (χ1) is 9.66. The van der Waals surface area contributed by atoms with Crippen molar-refractivity contribution in [3.05, 3.63) is 23.3 Å². The molecule has 0 spiro atoms. The molecule has 0 fully saturated rings. The van der Waals surface area contributed by atoms with Crippen LogP contribution in [0, 0.1) is 0 Å². The maximum atomic E-state index is 9.35. The lowest BCUT2D eigenvalue weighted by atomic mass is 10.0. The molecule has 0 aromatic heterocycles. The van der Waals surface area contributed by atoms with E-state index in [0.29, 0.717) is 22.6 Å². The third-order valence-corrected chi connectivity index (χ3v) is 3.18. The van der Waals surface area contributed by atoms with E-state index in [1.165, 1.54) is 28.4 Å². The lowest BCUT2D eigenvalue weighted by Crippen LogP contribution is -2.12. The normalized spacial score (nSPS) is 13.9. The molecule has 1 rings (SSSR count). The van der Waals surface area contributed by atoms with Gasteiger partial charge in [-0.2, -0.15) is 0 Å². The maximum Gasteiger partial charge on any atom is 0.125 e. The summed E-state index contributed by atoms with van der Waals surface area (Å²) in [5, 5.41) is 18.7. The van der Waals surface area contributed by atoms with Crippen LogP contribution < -0.4 is 9.47 Å². The third-order valence-electron chi connectivity index (χ3n) is 3.18. The summed E-state index contributed by atoms with van der Waals surface area (Å²) in [6.45, 7) is -0.355. The number of hydrogen-bond acceptors (Lipinski definition) is 6. The van der Waals surface area contributed by atoms with E-state index in [1.54, 1.807) is 12.1 Å². The summed E-state index contributed by atoms with van der Waals surface area (Å²) in [5.74, 6) is 1.08. The first-order valence-corrected chi connectivity index (χ1v) is 6.19. The Hall–Kier alpha value is -1.34. The van der Waals surface area contributed by atoms with Gasteiger partial charge in [0, 0.05) is 25.3 Å². The van der Waals surface area contributed by atoms with Crippen LogP contribution in [0.5, 0.6) is 11.5 Å². The zero-order valence-corrected chi connectivity index (χ0v) is 12.3. The van der Waals surface area contributed by atoms with Crippen LogP contribution in [0.15, 0.2) is 12.1 Å². The molecule has 0 bridgehead atoms. The average Bonchev–Trinajstić information content (AvgIpc) is 2.50. The van der Waals surface area contributed by atoms with Crippen LogP contribution in [0.2, 0.25) is 0 Å². The molecule has 6 heteroatoms. The van der Waals surface area contributed by atoms with Crippen LogP contribution in [0.1, 0.15) is 23.3 Å². The highest BCUT2D eigenvalue weighted by molar-refractivity contribution is 5.48. The highest BCUT2D eigenvalue weighted by Gasteiger charge is 2.22. The first-order valence-electron chi connectivity index (χ1n) is 6.19. The fourth-order valence-electron chi connectivity index (χ4n) is 2.05. The van der Waals surface area contributed by atoms with Gasteiger partial charge in [-0.05, 0) is 12.1 Å². The monoisotopic (exact) mass is 286 g/mol. The van der Waals surface area contributed by atoms with E-state index < -0.39 is 12.2 Å². The Labute approximate surface area is 118 Å². The topological polar surface area (TPSA) is 77.4 Å². The molecule has 0 saturated carbocycles. The lowest BCUT2D eigenvalue weighted by Gasteiger charge is -2.22. The SMILES string of the molecule is COc1cc([C@@H](CO)OC)c(OC)cc1[C@H](CO)OC. The molecule has 114 valence electrons. The minimum atomic E-state index is -0.511. The number of methoxy groups -OCH3 is 4. The van der Waals surface area contributed by atoms with Crippen molar-refractivity contribution in [1.29, 1.82) is 0 Å². The molecule has 0 aliphatic rings. The van der Waals surface area contributed by atoms with Crippen LogP contribution in [0.4, 0.5) is 0 Å². The molecule has 1 aromatic rings. The molecule has 0 amide bonds. The van der Waals surface area contributed by atoms with Gasteiger partial charge in [-0.3, -0.25) is 0 Å². The third kappa shape index (κ3) is 3.40. The number of benzene rings is 1. The Balaban J connectivity index is 3.36. The Morgan fingerprint density at radius 2 is 1.15 bits per heavy atom. The molecule has 0 unspecified atom stereocenters. The van der Waals surface area contributed by atoms with E-state index >= 15 is 0 Å². The van der Waals surface area contributed by atoms with Crippen molar-refractivity contribution in [2.45, 2.75) is 12.2 Å². The number of rotatable bonds is 8. The summed E-state index contributed by atoms with van der Waals surface area (Å²) < 4.78 is 21.1. The molecule has 0 aliphatic heterocycles. The van der Waals surface area contributed by atoms with Gasteiger partial charge in [0.25, 0.3) is 0 Å². The number of aliphatic hydroxyl groups excluding tert-OH is 2. The minimum Gasteiger partial charge on any atom is -0.496 e. The van der Waals surface area contributed by atoms with E-state index in [9.17, 15) is 10.2 Å². The fourth-order valence-corrected chi connectivity index (χ4v) is 2.05. The van der Waals surface area contributed by atoms with Gasteiger partial charge in [0.05, 0.1) is 27.4 Å². The van der Waals surface area contributed by atoms with Crippen molar-refractivity contribution < 1.29 is 29.2 Å². The number of hydrogen-bond donors (Lipinski definition) is 2. The van der Waals surface area contributed by atoms with Gasteiger partial charge in [-0.15, -0.1) is 0 Å². The van der Waals surface area contributed by atoms with Crippen molar-refractivity contribution in [1.82, 2.24) is 0 Å². The summed E-state index contributed by atoms with van der Waals surface area (Å²) in [6.07, 6.45) is -1.02. The van der Waals surface area contributed by atoms with Crippen LogP contribution in [-0.4, -0.2) is 51.9 Å². The van der Waals surface area contributed by atoms with Gasteiger partial charge in [-0.1, -0.05) is 0 Å². The van der Waals surface area contributed by atoms with E-state index in [1.807, 2.05) is 0 Å². The second kappa shape index (κ2) is 8.06. The molecule has 0 aliphatic carbocycles. The number of ether oxygens (including phenoxy) is 4. The van der Waals surface area contributed by atoms with Crippen molar-refractivity contribution in [2.75, 3.05) is 41.7 Å². The Morgan fingerprint density at radius 3 is 1.35 bits per heavy atom. The molecule has 0 radical (unpaired) electrons. The highest BCUT2D eigenvalue weighted by Crippen LogP contribution is 2.37. The van der Waals surface area contributed by atoms with Gasteiger partial charge < -0.3 is 29.2 Å². The minimum absolute atomic E-state index is 0.178. The van der Waals surface area contributed by atoms with Gasteiger partial charge in [0.15, 0.2) is 0 Å². The zero-order chi connectivity index (χ0) is 15.1. The van der Waals surface area contributed by atoms with E-state index in [-0.39, 0.29) is 13.2 Å². The number of aliphatic hydroxyl groups is 2. The molecule has 20 heavy (non-hydrogen) atoms. The predicted molar refractivity (Wildman–Crippen MR) is 73.2 cm³/mol. The van der Waals surface area contributed by atoms with Crippen LogP contribution in [-0.2, 0) is 9.47 Å². The summed E-state index contributed by atoms with van der Waals surface area (Å²) in [4.78, 5) is 0. The van der Waals surface area contributed by atoms with Crippen molar-refractivity contribution >= 4 is 0 Å². The second-order valence-corrected chi connectivity index (χ2v) is 4.15. The summed E-state index contributed by atoms with van der Waals surface area (Å²) >= 11 is 0. The van der Waals surface area contributed by atoms with Crippen LogP contribution >= 0.6 is 0 Å². The molecule has 2 N–H and O–H groups in total.